The van der Waals surface area contributed by atoms with E-state index < -0.39 is 0 Å². The number of para-hydroxylation sites is 1. The Bertz CT molecular complexity index is 285. The Hall–Kier alpha value is -1.10. The monoisotopic (exact) mass is 207 g/mol. The van der Waals surface area contributed by atoms with Crippen LogP contribution in [0.3, 0.4) is 0 Å². The number of hydrazine groups is 2. The molecule has 1 heterocycles. The summed E-state index contributed by atoms with van der Waals surface area (Å²) in [6, 6.07) is 10.2. The summed E-state index contributed by atoms with van der Waals surface area (Å²) in [7, 11) is 2.03. The van der Waals surface area contributed by atoms with Crippen LogP contribution in [0.1, 0.15) is 0 Å². The first kappa shape index (κ1) is 10.4. The van der Waals surface area contributed by atoms with Crippen LogP contribution in [0.15, 0.2) is 30.3 Å². The van der Waals surface area contributed by atoms with Gasteiger partial charge in [0.1, 0.15) is 0 Å². The third kappa shape index (κ3) is 2.92. The predicted molar refractivity (Wildman–Crippen MR) is 60.2 cm³/mol. The molecule has 0 amide bonds. The number of hydrogen-bond acceptors (Lipinski definition) is 4. The van der Waals surface area contributed by atoms with Gasteiger partial charge in [0, 0.05) is 20.1 Å². The molecule has 15 heavy (non-hydrogen) atoms. The van der Waals surface area contributed by atoms with Crippen molar-refractivity contribution in [1.82, 2.24) is 10.1 Å². The maximum absolute atomic E-state index is 5.30. The van der Waals surface area contributed by atoms with Crippen LogP contribution in [-0.4, -0.2) is 43.5 Å². The maximum Gasteiger partial charge on any atom is 0.0608 e. The van der Waals surface area contributed by atoms with Crippen molar-refractivity contribution in [2.24, 2.45) is 0 Å². The van der Waals surface area contributed by atoms with Gasteiger partial charge >= 0.3 is 0 Å². The van der Waals surface area contributed by atoms with Crippen molar-refractivity contribution in [3.05, 3.63) is 30.3 Å². The largest absolute Gasteiger partial charge is 0.379 e. The topological polar surface area (TPSA) is 27.7 Å². The van der Waals surface area contributed by atoms with Crippen LogP contribution in [0, 0.1) is 0 Å². The molecule has 0 radical (unpaired) electrons. The lowest BCUT2D eigenvalue weighted by atomic mass is 10.3. The second kappa shape index (κ2) is 5.11. The summed E-state index contributed by atoms with van der Waals surface area (Å²) in [6.45, 7) is 3.49. The Morgan fingerprint density at radius 2 is 1.87 bits per heavy atom. The predicted octanol–water partition coefficient (Wildman–Crippen LogP) is 1.19. The van der Waals surface area contributed by atoms with Gasteiger partial charge in [-0.2, -0.15) is 5.12 Å². The Labute approximate surface area is 90.4 Å². The summed E-state index contributed by atoms with van der Waals surface area (Å²) in [5.74, 6) is 0. The molecule has 2 rings (SSSR count). The fourth-order valence-electron chi connectivity index (χ4n) is 1.62. The Morgan fingerprint density at radius 1 is 1.20 bits per heavy atom. The Morgan fingerprint density at radius 3 is 2.53 bits per heavy atom. The van der Waals surface area contributed by atoms with Crippen molar-refractivity contribution in [3.63, 3.8) is 0 Å². The number of benzene rings is 1. The Balaban J connectivity index is 1.88. The molecule has 0 spiro atoms. The highest BCUT2D eigenvalue weighted by Crippen LogP contribution is 2.08. The SMILES string of the molecule is CN(Nc1ccccc1)N1CCOCC1. The molecule has 0 unspecified atom stereocenters. The van der Waals surface area contributed by atoms with Gasteiger partial charge in [0.15, 0.2) is 0 Å². The van der Waals surface area contributed by atoms with Gasteiger partial charge in [0.05, 0.1) is 18.9 Å². The van der Waals surface area contributed by atoms with Gasteiger partial charge in [-0.25, -0.2) is 5.01 Å². The summed E-state index contributed by atoms with van der Waals surface area (Å²) in [6.07, 6.45) is 0. The second-order valence-corrected chi connectivity index (χ2v) is 3.57. The van der Waals surface area contributed by atoms with E-state index in [9.17, 15) is 0 Å². The molecule has 1 N–H and O–H groups in total. The fraction of sp³-hybridized carbons (Fsp3) is 0.455. The van der Waals surface area contributed by atoms with E-state index in [0.717, 1.165) is 32.0 Å². The number of nitrogens with one attached hydrogen (secondary N) is 1. The molecule has 1 aromatic carbocycles. The molecule has 1 aromatic rings. The molecule has 0 atom stereocenters. The lowest BCUT2D eigenvalue weighted by Gasteiger charge is -2.35. The quantitative estimate of drug-likeness (QED) is 0.754. The first-order valence-corrected chi connectivity index (χ1v) is 5.24. The van der Waals surface area contributed by atoms with E-state index in [2.05, 4.69) is 22.6 Å². The van der Waals surface area contributed by atoms with Crippen LogP contribution in [0.25, 0.3) is 0 Å². The molecule has 0 bridgehead atoms. The zero-order chi connectivity index (χ0) is 10.5. The number of rotatable bonds is 3. The number of anilines is 1. The first-order valence-electron chi connectivity index (χ1n) is 5.24. The summed E-state index contributed by atoms with van der Waals surface area (Å²) in [5.41, 5.74) is 4.42. The van der Waals surface area contributed by atoms with Gasteiger partial charge in [-0.3, -0.25) is 0 Å². The van der Waals surface area contributed by atoms with E-state index in [4.69, 9.17) is 4.74 Å². The molecule has 4 nitrogen and oxygen atoms in total. The molecule has 4 heteroatoms. The van der Waals surface area contributed by atoms with Crippen molar-refractivity contribution in [2.75, 3.05) is 38.8 Å². The summed E-state index contributed by atoms with van der Waals surface area (Å²) in [4.78, 5) is 0. The van der Waals surface area contributed by atoms with E-state index in [1.807, 2.05) is 30.4 Å². The normalized spacial score (nSPS) is 18.0. The van der Waals surface area contributed by atoms with Crippen molar-refractivity contribution >= 4 is 5.69 Å². The molecule has 82 valence electrons. The molecular weight excluding hydrogens is 190 g/mol. The molecule has 1 aliphatic rings. The highest BCUT2D eigenvalue weighted by Gasteiger charge is 2.14. The van der Waals surface area contributed by atoms with E-state index in [1.165, 1.54) is 0 Å². The second-order valence-electron chi connectivity index (χ2n) is 3.57. The van der Waals surface area contributed by atoms with E-state index in [1.54, 1.807) is 0 Å². The third-order valence-corrected chi connectivity index (χ3v) is 2.48. The zero-order valence-electron chi connectivity index (χ0n) is 9.02. The molecule has 1 saturated heterocycles. The van der Waals surface area contributed by atoms with Crippen molar-refractivity contribution in [2.45, 2.75) is 0 Å². The maximum atomic E-state index is 5.30. The van der Waals surface area contributed by atoms with Crippen LogP contribution in [0.2, 0.25) is 0 Å². The average molecular weight is 207 g/mol. The number of nitrogens with zero attached hydrogens (tertiary/aromatic N) is 2. The Kier molecular flexibility index (Phi) is 3.55. The average Bonchev–Trinajstić information content (AvgIpc) is 2.31. The summed E-state index contributed by atoms with van der Waals surface area (Å²) in [5, 5.41) is 4.26. The lowest BCUT2D eigenvalue weighted by Crippen LogP contribution is -2.49. The van der Waals surface area contributed by atoms with E-state index >= 15 is 0 Å². The third-order valence-electron chi connectivity index (χ3n) is 2.48. The smallest absolute Gasteiger partial charge is 0.0608 e. The van der Waals surface area contributed by atoms with Crippen LogP contribution in [-0.2, 0) is 4.74 Å². The van der Waals surface area contributed by atoms with Crippen LogP contribution in [0.4, 0.5) is 5.69 Å². The van der Waals surface area contributed by atoms with Crippen LogP contribution >= 0.6 is 0 Å². The fourth-order valence-corrected chi connectivity index (χ4v) is 1.62. The van der Waals surface area contributed by atoms with Gasteiger partial charge in [-0.1, -0.05) is 18.2 Å². The van der Waals surface area contributed by atoms with Gasteiger partial charge < -0.3 is 10.2 Å². The van der Waals surface area contributed by atoms with Crippen molar-refractivity contribution in [3.8, 4) is 0 Å². The van der Waals surface area contributed by atoms with Crippen LogP contribution in [0.5, 0.6) is 0 Å². The van der Waals surface area contributed by atoms with Gasteiger partial charge in [0.2, 0.25) is 0 Å². The number of morpholine rings is 1. The molecule has 1 fully saturated rings. The van der Waals surface area contributed by atoms with Crippen LogP contribution < -0.4 is 5.43 Å². The molecule has 0 aliphatic carbocycles. The van der Waals surface area contributed by atoms with Crippen molar-refractivity contribution in [1.29, 1.82) is 0 Å². The van der Waals surface area contributed by atoms with Gasteiger partial charge in [-0.15, -0.1) is 0 Å². The zero-order valence-corrected chi connectivity index (χ0v) is 9.02. The minimum absolute atomic E-state index is 0.806. The molecule has 0 aromatic heterocycles. The molecular formula is C11H17N3O. The van der Waals surface area contributed by atoms with E-state index in [0.29, 0.717) is 0 Å². The minimum Gasteiger partial charge on any atom is -0.379 e. The van der Waals surface area contributed by atoms with E-state index in [-0.39, 0.29) is 0 Å². The standard InChI is InChI=1S/C11H17N3O/c1-13(14-7-9-15-10-8-14)12-11-5-3-2-4-6-11/h2-6,12H,7-10H2,1H3. The van der Waals surface area contributed by atoms with Gasteiger partial charge in [-0.05, 0) is 12.1 Å². The number of ether oxygens (including phenoxy) is 1. The summed E-state index contributed by atoms with van der Waals surface area (Å²) < 4.78 is 5.30. The highest BCUT2D eigenvalue weighted by molar-refractivity contribution is 5.41. The van der Waals surface area contributed by atoms with Crippen molar-refractivity contribution < 1.29 is 4.74 Å². The number of hydrogen-bond donors (Lipinski definition) is 1. The molecule has 0 saturated carbocycles. The first-order chi connectivity index (χ1) is 7.36. The van der Waals surface area contributed by atoms with Gasteiger partial charge in [0.25, 0.3) is 0 Å². The lowest BCUT2D eigenvalue weighted by molar-refractivity contribution is -0.0620. The molecule has 1 aliphatic heterocycles. The minimum atomic E-state index is 0.806. The highest BCUT2D eigenvalue weighted by atomic mass is 16.5. The summed E-state index contributed by atoms with van der Waals surface area (Å²) >= 11 is 0.